The highest BCUT2D eigenvalue weighted by Gasteiger charge is 2.38. The van der Waals surface area contributed by atoms with Crippen LogP contribution in [0.15, 0.2) is 101 Å². The minimum atomic E-state index is -0.678. The Bertz CT molecular complexity index is 2720. The van der Waals surface area contributed by atoms with Crippen LogP contribution in [0.4, 0.5) is 28.4 Å². The molecule has 0 saturated carbocycles. The molecule has 5 aromatic rings. The van der Waals surface area contributed by atoms with Gasteiger partial charge in [0.05, 0.1) is 34.6 Å². The van der Waals surface area contributed by atoms with Crippen LogP contribution >= 0.6 is 0 Å². The van der Waals surface area contributed by atoms with Crippen molar-refractivity contribution in [2.75, 3.05) is 28.3 Å². The van der Waals surface area contributed by atoms with Gasteiger partial charge in [0.25, 0.3) is 23.6 Å². The van der Waals surface area contributed by atoms with E-state index in [0.29, 0.717) is 53.6 Å². The zero-order valence-electron chi connectivity index (χ0n) is 35.7. The van der Waals surface area contributed by atoms with Gasteiger partial charge in [-0.1, -0.05) is 36.4 Å². The van der Waals surface area contributed by atoms with Crippen molar-refractivity contribution in [1.82, 2.24) is 5.06 Å². The Morgan fingerprint density at radius 3 is 1.86 bits per heavy atom. The maximum Gasteiger partial charge on any atom is 0.333 e. The molecule has 1 N–H and O–H groups in total. The first kappa shape index (κ1) is 41.2. The van der Waals surface area contributed by atoms with Crippen LogP contribution in [0.2, 0.25) is 0 Å². The number of hydrogen-bond donors (Lipinski definition) is 1. The molecule has 5 aliphatic rings. The number of carbonyl (C=O) groups excluding carboxylic acids is 5. The second-order valence-corrected chi connectivity index (χ2v) is 16.8. The quantitative estimate of drug-likeness (QED) is 0.126. The average molecular weight is 873 g/mol. The lowest BCUT2D eigenvalue weighted by Gasteiger charge is -2.22. The molecular weight excluding hydrogens is 829 g/mol. The van der Waals surface area contributed by atoms with Gasteiger partial charge < -0.3 is 24.3 Å². The Morgan fingerprint density at radius 2 is 1.26 bits per heavy atom. The summed E-state index contributed by atoms with van der Waals surface area (Å²) in [5.74, 6) is -1.60. The van der Waals surface area contributed by atoms with Gasteiger partial charge in [-0.2, -0.15) is 0 Å². The summed E-state index contributed by atoms with van der Waals surface area (Å²) in [7, 11) is 1.87. The summed E-state index contributed by atoms with van der Waals surface area (Å²) in [5, 5.41) is 11.8. The molecule has 328 valence electrons. The van der Waals surface area contributed by atoms with E-state index in [9.17, 15) is 29.1 Å². The molecule has 15 nitrogen and oxygen atoms in total. The normalized spacial score (nSPS) is 17.8. The Balaban J connectivity index is 0.877. The Hall–Kier alpha value is -7.81. The first-order valence-electron chi connectivity index (χ1n) is 21.6. The van der Waals surface area contributed by atoms with Crippen LogP contribution in [0.25, 0.3) is 0 Å². The molecule has 1 saturated heterocycles. The summed E-state index contributed by atoms with van der Waals surface area (Å²) in [4.78, 5) is 84.2. The molecule has 65 heavy (non-hydrogen) atoms. The number of carbonyl (C=O) groups is 5. The molecule has 4 amide bonds. The molecule has 10 rings (SSSR count). The lowest BCUT2D eigenvalue weighted by molar-refractivity contribution is -0.197. The predicted molar refractivity (Wildman–Crippen MR) is 242 cm³/mol. The van der Waals surface area contributed by atoms with E-state index in [1.807, 2.05) is 103 Å². The van der Waals surface area contributed by atoms with Crippen molar-refractivity contribution >= 4 is 70.5 Å². The molecule has 1 fully saturated rings. The highest BCUT2D eigenvalue weighted by Crippen LogP contribution is 2.42. The minimum absolute atomic E-state index is 0.0174. The summed E-state index contributed by atoms with van der Waals surface area (Å²) in [6, 6.07) is 27.7. The number of imide groups is 1. The molecule has 15 heteroatoms. The first-order valence-corrected chi connectivity index (χ1v) is 21.6. The maximum absolute atomic E-state index is 13.9. The van der Waals surface area contributed by atoms with Crippen LogP contribution in [0.3, 0.4) is 0 Å². The number of phenols is 1. The molecular formula is C50H44N6O9. The number of amides is 4. The van der Waals surface area contributed by atoms with E-state index in [-0.39, 0.29) is 73.4 Å². The summed E-state index contributed by atoms with van der Waals surface area (Å²) in [6.45, 7) is 2.48. The van der Waals surface area contributed by atoms with E-state index in [0.717, 1.165) is 44.9 Å². The molecule has 5 aromatic carbocycles. The van der Waals surface area contributed by atoms with Crippen LogP contribution in [0.1, 0.15) is 74.2 Å². The van der Waals surface area contributed by atoms with Crippen molar-refractivity contribution in [2.45, 2.75) is 70.7 Å². The summed E-state index contributed by atoms with van der Waals surface area (Å²) < 4.78 is 12.7. The van der Waals surface area contributed by atoms with Gasteiger partial charge in [-0.15, -0.1) is 5.06 Å². The van der Waals surface area contributed by atoms with Crippen molar-refractivity contribution in [2.24, 2.45) is 9.98 Å². The molecule has 0 aromatic heterocycles. The van der Waals surface area contributed by atoms with Crippen LogP contribution < -0.4 is 24.2 Å². The third kappa shape index (κ3) is 7.83. The number of fused-ring (bicyclic) bond motifs is 8. The van der Waals surface area contributed by atoms with Crippen LogP contribution in [0, 0.1) is 6.92 Å². The number of aliphatic imine (C=N–C) groups is 2. The number of nitrogens with zero attached hydrogens (tertiary/aromatic N) is 6. The third-order valence-electron chi connectivity index (χ3n) is 12.4. The summed E-state index contributed by atoms with van der Waals surface area (Å²) in [5.41, 5.74) is 8.64. The zero-order chi connectivity index (χ0) is 44.9. The van der Waals surface area contributed by atoms with E-state index in [1.54, 1.807) is 23.2 Å². The van der Waals surface area contributed by atoms with Crippen molar-refractivity contribution < 1.29 is 43.4 Å². The van der Waals surface area contributed by atoms with Crippen molar-refractivity contribution in [3.05, 3.63) is 130 Å². The summed E-state index contributed by atoms with van der Waals surface area (Å²) in [6.07, 6.45) is 5.30. The largest absolute Gasteiger partial charge is 0.504 e. The summed E-state index contributed by atoms with van der Waals surface area (Å²) >= 11 is 0. The van der Waals surface area contributed by atoms with Crippen molar-refractivity contribution in [3.8, 4) is 17.2 Å². The zero-order valence-corrected chi connectivity index (χ0v) is 35.7. The average Bonchev–Trinajstić information content (AvgIpc) is 3.92. The number of aromatic hydroxyl groups is 1. The number of anilines is 3. The fourth-order valence-electron chi connectivity index (χ4n) is 9.09. The standard InChI is InChI=1S/C50H44N6O9/c1-29-16-37-39(51-25-35-20-32-8-3-5-10-41(32)54(35)49(37)61)23-44(29)63-27-30-17-31(19-34(18-30)53(2)15-7-12-48(60)65-56-46(58)13-14-47(56)59)28-64-45-24-40-38(22-43(45)57)50(62)55-36(26-52-40)21-33-9-4-6-11-42(33)55/h3-6,8-11,16-19,22-26,35-36,57H,7,12-15,20-21,27-28H2,1-2H3/t35-,36-/m0/s1. The van der Waals surface area contributed by atoms with Gasteiger partial charge in [0.15, 0.2) is 11.5 Å². The van der Waals surface area contributed by atoms with Crippen molar-refractivity contribution in [3.63, 3.8) is 0 Å². The Kier molecular flexibility index (Phi) is 10.6. The Morgan fingerprint density at radius 1 is 0.723 bits per heavy atom. The molecule has 0 aliphatic carbocycles. The number of benzene rings is 5. The molecule has 0 radical (unpaired) electrons. The molecule has 5 heterocycles. The Labute approximate surface area is 374 Å². The molecule has 5 aliphatic heterocycles. The number of hydroxylamine groups is 2. The van der Waals surface area contributed by atoms with Gasteiger partial charge in [0.1, 0.15) is 19.0 Å². The van der Waals surface area contributed by atoms with Gasteiger partial charge in [0.2, 0.25) is 0 Å². The predicted octanol–water partition coefficient (Wildman–Crippen LogP) is 7.26. The van der Waals surface area contributed by atoms with Crippen LogP contribution in [0.5, 0.6) is 17.2 Å². The number of para-hydroxylation sites is 2. The molecule has 0 spiro atoms. The molecule has 0 bridgehead atoms. The molecule has 2 atom stereocenters. The fourth-order valence-corrected chi connectivity index (χ4v) is 9.09. The van der Waals surface area contributed by atoms with E-state index >= 15 is 0 Å². The number of hydrogen-bond acceptors (Lipinski definition) is 12. The lowest BCUT2D eigenvalue weighted by Crippen LogP contribution is -2.37. The highest BCUT2D eigenvalue weighted by molar-refractivity contribution is 6.15. The van der Waals surface area contributed by atoms with Gasteiger partial charge in [-0.3, -0.25) is 39.0 Å². The molecule has 0 unspecified atom stereocenters. The topological polar surface area (TPSA) is 171 Å². The lowest BCUT2D eigenvalue weighted by atomic mass is 10.1. The van der Waals surface area contributed by atoms with Gasteiger partial charge >= 0.3 is 5.97 Å². The number of aryl methyl sites for hydroxylation is 1. The maximum atomic E-state index is 13.9. The minimum Gasteiger partial charge on any atom is -0.504 e. The second kappa shape index (κ2) is 16.7. The van der Waals surface area contributed by atoms with Gasteiger partial charge in [-0.25, -0.2) is 4.79 Å². The van der Waals surface area contributed by atoms with Crippen LogP contribution in [-0.4, -0.2) is 77.9 Å². The fraction of sp³-hybridized carbons (Fsp3) is 0.260. The highest BCUT2D eigenvalue weighted by atomic mass is 16.7. The number of phenolic OH excluding ortho intramolecular Hbond substituents is 1. The first-order chi connectivity index (χ1) is 31.5. The van der Waals surface area contributed by atoms with E-state index in [2.05, 4.69) is 4.99 Å². The second-order valence-electron chi connectivity index (χ2n) is 16.8. The van der Waals surface area contributed by atoms with Gasteiger partial charge in [-0.05, 0) is 83.6 Å². The smallest absolute Gasteiger partial charge is 0.333 e. The SMILES string of the molecule is Cc1cc2c(cc1OCc1cc(COc3cc4c(cc3O)C(=O)N3c5ccccc5C[C@H]3C=N4)cc(N(C)CCCC(=O)ON3C(=O)CCC3=O)c1)N=C[C@@H]1Cc3ccccc3N1C2=O. The van der Waals surface area contributed by atoms with E-state index < -0.39 is 17.8 Å². The van der Waals surface area contributed by atoms with Gasteiger partial charge in [0, 0.05) is 87.3 Å². The van der Waals surface area contributed by atoms with E-state index in [4.69, 9.17) is 19.3 Å². The number of rotatable bonds is 12. The van der Waals surface area contributed by atoms with E-state index in [1.165, 1.54) is 6.07 Å². The third-order valence-corrected chi connectivity index (χ3v) is 12.4. The number of ether oxygens (including phenoxy) is 2. The van der Waals surface area contributed by atoms with Crippen molar-refractivity contribution in [1.29, 1.82) is 0 Å². The van der Waals surface area contributed by atoms with Crippen LogP contribution in [-0.2, 0) is 45.3 Å². The monoisotopic (exact) mass is 872 g/mol.